The van der Waals surface area contributed by atoms with E-state index in [0.717, 1.165) is 42.8 Å². The van der Waals surface area contributed by atoms with Crippen molar-refractivity contribution in [2.75, 3.05) is 13.1 Å². The van der Waals surface area contributed by atoms with Gasteiger partial charge in [0.25, 0.3) is 5.91 Å². The Bertz CT molecular complexity index is 1010. The van der Waals surface area contributed by atoms with Gasteiger partial charge in [0.1, 0.15) is 5.69 Å². The summed E-state index contributed by atoms with van der Waals surface area (Å²) in [5.41, 5.74) is 3.72. The molecule has 1 aromatic carbocycles. The summed E-state index contributed by atoms with van der Waals surface area (Å²) < 4.78 is 1.76. The molecule has 1 saturated heterocycles. The van der Waals surface area contributed by atoms with Crippen LogP contribution in [0.1, 0.15) is 43.1 Å². The van der Waals surface area contributed by atoms with Crippen LogP contribution in [-0.2, 0) is 6.54 Å². The molecule has 1 fully saturated rings. The molecular formula is C23H27N5O2. The second kappa shape index (κ2) is 9.17. The van der Waals surface area contributed by atoms with E-state index in [1.54, 1.807) is 17.1 Å². The number of amides is 1. The topological polar surface area (TPSA) is 84.1 Å². The third kappa shape index (κ3) is 4.57. The number of benzene rings is 1. The quantitative estimate of drug-likeness (QED) is 0.679. The molecule has 1 aliphatic heterocycles. The SMILES string of the molecule is CCC(O)Cn1ccc(-c2cccc(-c3cncc(C(=O)N4CCCCC4)n3)c2)n1. The van der Waals surface area contributed by atoms with Crippen LogP contribution in [0.25, 0.3) is 22.5 Å². The summed E-state index contributed by atoms with van der Waals surface area (Å²) >= 11 is 0. The first-order valence-electron chi connectivity index (χ1n) is 10.6. The third-order valence-corrected chi connectivity index (χ3v) is 5.46. The highest BCUT2D eigenvalue weighted by Gasteiger charge is 2.20. The molecule has 1 atom stereocenters. The van der Waals surface area contributed by atoms with E-state index in [2.05, 4.69) is 15.1 Å². The number of aliphatic hydroxyl groups excluding tert-OH is 1. The molecule has 0 spiro atoms. The van der Waals surface area contributed by atoms with Crippen LogP contribution in [0, 0.1) is 0 Å². The third-order valence-electron chi connectivity index (χ3n) is 5.46. The van der Waals surface area contributed by atoms with Crippen LogP contribution < -0.4 is 0 Å². The molecule has 30 heavy (non-hydrogen) atoms. The molecule has 3 heterocycles. The molecule has 2 aromatic heterocycles. The Hall–Kier alpha value is -3.06. The highest BCUT2D eigenvalue weighted by molar-refractivity contribution is 5.92. The number of carbonyl (C=O) groups excluding carboxylic acids is 1. The normalized spacial score (nSPS) is 15.2. The van der Waals surface area contributed by atoms with E-state index in [1.807, 2.05) is 48.4 Å². The Morgan fingerprint density at radius 3 is 2.63 bits per heavy atom. The molecule has 0 aliphatic carbocycles. The molecule has 1 unspecified atom stereocenters. The van der Waals surface area contributed by atoms with E-state index in [1.165, 1.54) is 6.42 Å². The fraction of sp³-hybridized carbons (Fsp3) is 0.391. The summed E-state index contributed by atoms with van der Waals surface area (Å²) in [5, 5.41) is 14.4. The minimum atomic E-state index is -0.403. The van der Waals surface area contributed by atoms with Crippen molar-refractivity contribution in [1.82, 2.24) is 24.6 Å². The van der Waals surface area contributed by atoms with E-state index in [4.69, 9.17) is 0 Å². The van der Waals surface area contributed by atoms with Gasteiger partial charge in [0.15, 0.2) is 0 Å². The van der Waals surface area contributed by atoms with Gasteiger partial charge in [-0.1, -0.05) is 25.1 Å². The molecule has 4 rings (SSSR count). The molecule has 7 heteroatoms. The maximum absolute atomic E-state index is 12.8. The second-order valence-corrected chi connectivity index (χ2v) is 7.71. The van der Waals surface area contributed by atoms with E-state index in [-0.39, 0.29) is 5.91 Å². The lowest BCUT2D eigenvalue weighted by Crippen LogP contribution is -2.36. The zero-order valence-electron chi connectivity index (χ0n) is 17.2. The Morgan fingerprint density at radius 1 is 1.10 bits per heavy atom. The van der Waals surface area contributed by atoms with E-state index < -0.39 is 6.10 Å². The average molecular weight is 406 g/mol. The molecule has 1 N–H and O–H groups in total. The van der Waals surface area contributed by atoms with Gasteiger partial charge < -0.3 is 10.0 Å². The van der Waals surface area contributed by atoms with Gasteiger partial charge in [0.05, 0.1) is 36.4 Å². The number of aliphatic hydroxyl groups is 1. The summed E-state index contributed by atoms with van der Waals surface area (Å²) in [6, 6.07) is 9.83. The lowest BCUT2D eigenvalue weighted by molar-refractivity contribution is 0.0718. The number of likely N-dealkylation sites (tertiary alicyclic amines) is 1. The number of hydrogen-bond acceptors (Lipinski definition) is 5. The van der Waals surface area contributed by atoms with Gasteiger partial charge in [0, 0.05) is 30.4 Å². The van der Waals surface area contributed by atoms with Gasteiger partial charge in [-0.3, -0.25) is 14.5 Å². The van der Waals surface area contributed by atoms with Gasteiger partial charge >= 0.3 is 0 Å². The number of rotatable bonds is 6. The Balaban J connectivity index is 1.56. The Morgan fingerprint density at radius 2 is 1.87 bits per heavy atom. The van der Waals surface area contributed by atoms with Crippen LogP contribution in [0.2, 0.25) is 0 Å². The predicted molar refractivity (Wildman–Crippen MR) is 115 cm³/mol. The molecule has 3 aromatic rings. The van der Waals surface area contributed by atoms with Crippen molar-refractivity contribution in [2.24, 2.45) is 0 Å². The smallest absolute Gasteiger partial charge is 0.274 e. The number of nitrogens with zero attached hydrogens (tertiary/aromatic N) is 5. The van der Waals surface area contributed by atoms with Crippen molar-refractivity contribution in [1.29, 1.82) is 0 Å². The second-order valence-electron chi connectivity index (χ2n) is 7.71. The van der Waals surface area contributed by atoms with Gasteiger partial charge in [-0.05, 0) is 37.8 Å². The summed E-state index contributed by atoms with van der Waals surface area (Å²) in [5.74, 6) is -0.0478. The number of piperidine rings is 1. The van der Waals surface area contributed by atoms with Crippen LogP contribution in [0.3, 0.4) is 0 Å². The summed E-state index contributed by atoms with van der Waals surface area (Å²) in [4.78, 5) is 23.5. The molecule has 1 amide bonds. The van der Waals surface area contributed by atoms with E-state index in [9.17, 15) is 9.90 Å². The first-order valence-corrected chi connectivity index (χ1v) is 10.6. The monoisotopic (exact) mass is 405 g/mol. The van der Waals surface area contributed by atoms with Crippen molar-refractivity contribution in [3.05, 3.63) is 54.6 Å². The van der Waals surface area contributed by atoms with E-state index >= 15 is 0 Å². The summed E-state index contributed by atoms with van der Waals surface area (Å²) in [7, 11) is 0. The number of hydrogen-bond donors (Lipinski definition) is 1. The molecule has 1 aliphatic rings. The lowest BCUT2D eigenvalue weighted by Gasteiger charge is -2.26. The first-order chi connectivity index (χ1) is 14.6. The predicted octanol–water partition coefficient (Wildman–Crippen LogP) is 3.40. The molecular weight excluding hydrogens is 378 g/mol. The lowest BCUT2D eigenvalue weighted by atomic mass is 10.1. The number of carbonyl (C=O) groups is 1. The number of aromatic nitrogens is 4. The van der Waals surface area contributed by atoms with Crippen molar-refractivity contribution in [3.8, 4) is 22.5 Å². The minimum absolute atomic E-state index is 0.0478. The minimum Gasteiger partial charge on any atom is -0.391 e. The van der Waals surface area contributed by atoms with Crippen LogP contribution in [0.15, 0.2) is 48.9 Å². The molecule has 156 valence electrons. The summed E-state index contributed by atoms with van der Waals surface area (Å²) in [6.07, 6.45) is 8.66. The van der Waals surface area contributed by atoms with E-state index in [0.29, 0.717) is 24.4 Å². The van der Waals surface area contributed by atoms with Crippen molar-refractivity contribution < 1.29 is 9.90 Å². The highest BCUT2D eigenvalue weighted by Crippen LogP contribution is 2.24. The van der Waals surface area contributed by atoms with Crippen LogP contribution in [0.4, 0.5) is 0 Å². The maximum atomic E-state index is 12.8. The summed E-state index contributed by atoms with van der Waals surface area (Å²) in [6.45, 7) is 4.00. The fourth-order valence-electron chi connectivity index (χ4n) is 3.67. The largest absolute Gasteiger partial charge is 0.391 e. The van der Waals surface area contributed by atoms with Gasteiger partial charge in [-0.2, -0.15) is 5.10 Å². The Labute approximate surface area is 176 Å². The maximum Gasteiger partial charge on any atom is 0.274 e. The van der Waals surface area contributed by atoms with Gasteiger partial charge in [0.2, 0.25) is 0 Å². The van der Waals surface area contributed by atoms with Gasteiger partial charge in [-0.15, -0.1) is 0 Å². The first kappa shape index (κ1) is 20.2. The molecule has 0 radical (unpaired) electrons. The molecule has 0 bridgehead atoms. The van der Waals surface area contributed by atoms with Crippen molar-refractivity contribution in [3.63, 3.8) is 0 Å². The van der Waals surface area contributed by atoms with Crippen LogP contribution >= 0.6 is 0 Å². The van der Waals surface area contributed by atoms with Crippen molar-refractivity contribution >= 4 is 5.91 Å². The molecule has 7 nitrogen and oxygen atoms in total. The highest BCUT2D eigenvalue weighted by atomic mass is 16.3. The van der Waals surface area contributed by atoms with Crippen molar-refractivity contribution in [2.45, 2.75) is 45.3 Å². The molecule has 0 saturated carbocycles. The average Bonchev–Trinajstić information content (AvgIpc) is 3.27. The Kier molecular flexibility index (Phi) is 6.18. The van der Waals surface area contributed by atoms with Gasteiger partial charge in [-0.25, -0.2) is 4.98 Å². The zero-order chi connectivity index (χ0) is 20.9. The fourth-order valence-corrected chi connectivity index (χ4v) is 3.67. The van der Waals surface area contributed by atoms with Crippen LogP contribution in [-0.4, -0.2) is 54.9 Å². The zero-order valence-corrected chi connectivity index (χ0v) is 17.2. The standard InChI is InChI=1S/C23H27N5O2/c1-2-19(29)16-28-12-9-20(26-28)17-7-6-8-18(13-17)21-14-24-15-22(25-21)23(30)27-10-4-3-5-11-27/h6-9,12-15,19,29H,2-5,10-11,16H2,1H3. The van der Waals surface area contributed by atoms with Crippen LogP contribution in [0.5, 0.6) is 0 Å².